The molecule has 3 aromatic rings. The summed E-state index contributed by atoms with van der Waals surface area (Å²) in [6.45, 7) is 5.14. The predicted octanol–water partition coefficient (Wildman–Crippen LogP) is 3.79. The fraction of sp³-hybridized carbons (Fsp3) is 0.353. The van der Waals surface area contributed by atoms with Crippen LogP contribution in [0.1, 0.15) is 40.7 Å². The third-order valence-electron chi connectivity index (χ3n) is 4.48. The third kappa shape index (κ3) is 2.10. The molecular formula is C17H19N3S. The molecule has 1 atom stereocenters. The lowest BCUT2D eigenvalue weighted by molar-refractivity contribution is 0.522. The molecule has 4 rings (SSSR count). The largest absolute Gasteiger partial charge is 0.304 e. The number of rotatable bonds is 3. The van der Waals surface area contributed by atoms with E-state index in [4.69, 9.17) is 0 Å². The zero-order chi connectivity index (χ0) is 14.4. The molecule has 3 nitrogen and oxygen atoms in total. The summed E-state index contributed by atoms with van der Waals surface area (Å²) in [5, 5.41) is 5.91. The van der Waals surface area contributed by atoms with E-state index in [2.05, 4.69) is 58.2 Å². The molecule has 1 aliphatic rings. The summed E-state index contributed by atoms with van der Waals surface area (Å²) in [6.07, 6.45) is 2.38. The molecule has 2 heterocycles. The quantitative estimate of drug-likeness (QED) is 0.797. The van der Waals surface area contributed by atoms with Crippen LogP contribution in [0.3, 0.4) is 0 Å². The number of nitrogens with one attached hydrogen (secondary N) is 1. The summed E-state index contributed by atoms with van der Waals surface area (Å²) in [5.41, 5.74) is 6.69. The van der Waals surface area contributed by atoms with Gasteiger partial charge in [-0.2, -0.15) is 0 Å². The summed E-state index contributed by atoms with van der Waals surface area (Å²) >= 11 is 1.72. The molecule has 0 spiro atoms. The van der Waals surface area contributed by atoms with Crippen LogP contribution >= 0.6 is 11.3 Å². The van der Waals surface area contributed by atoms with Gasteiger partial charge in [-0.1, -0.05) is 24.3 Å². The van der Waals surface area contributed by atoms with E-state index in [0.29, 0.717) is 6.04 Å². The first kappa shape index (κ1) is 13.0. The first-order chi connectivity index (χ1) is 10.2. The number of aromatic nitrogens is 2. The Labute approximate surface area is 128 Å². The molecule has 0 radical (unpaired) electrons. The van der Waals surface area contributed by atoms with Gasteiger partial charge in [-0.05, 0) is 37.8 Å². The highest BCUT2D eigenvalue weighted by molar-refractivity contribution is 7.15. The Morgan fingerprint density at radius 2 is 2.19 bits per heavy atom. The predicted molar refractivity (Wildman–Crippen MR) is 86.9 cm³/mol. The molecular weight excluding hydrogens is 278 g/mol. The molecule has 1 aromatic carbocycles. The van der Waals surface area contributed by atoms with Gasteiger partial charge >= 0.3 is 0 Å². The highest BCUT2D eigenvalue weighted by Gasteiger charge is 2.22. The Balaban J connectivity index is 1.60. The van der Waals surface area contributed by atoms with Gasteiger partial charge in [0.25, 0.3) is 0 Å². The fourth-order valence-corrected chi connectivity index (χ4v) is 4.30. The molecule has 1 aliphatic carbocycles. The molecule has 4 heteroatoms. The number of benzene rings is 1. The molecule has 21 heavy (non-hydrogen) atoms. The van der Waals surface area contributed by atoms with Gasteiger partial charge in [-0.3, -0.25) is 4.40 Å². The average molecular weight is 297 g/mol. The van der Waals surface area contributed by atoms with E-state index in [0.717, 1.165) is 17.2 Å². The third-order valence-corrected chi connectivity index (χ3v) is 5.42. The van der Waals surface area contributed by atoms with Crippen LogP contribution in [0, 0.1) is 13.8 Å². The smallest absolute Gasteiger partial charge is 0.194 e. The van der Waals surface area contributed by atoms with E-state index in [-0.39, 0.29) is 0 Å². The minimum atomic E-state index is 0.477. The first-order valence-electron chi connectivity index (χ1n) is 7.47. The summed E-state index contributed by atoms with van der Waals surface area (Å²) in [4.78, 5) is 5.77. The zero-order valence-corrected chi connectivity index (χ0v) is 13.2. The monoisotopic (exact) mass is 297 g/mol. The lowest BCUT2D eigenvalue weighted by atomic mass is 10.1. The van der Waals surface area contributed by atoms with Crippen molar-refractivity contribution < 1.29 is 0 Å². The molecule has 0 fully saturated rings. The van der Waals surface area contributed by atoms with Crippen molar-refractivity contribution in [1.82, 2.24) is 14.7 Å². The average Bonchev–Trinajstić information content (AvgIpc) is 3.13. The van der Waals surface area contributed by atoms with Crippen LogP contribution < -0.4 is 5.32 Å². The fourth-order valence-electron chi connectivity index (χ4n) is 3.36. The van der Waals surface area contributed by atoms with E-state index in [1.807, 2.05) is 0 Å². The minimum absolute atomic E-state index is 0.477. The summed E-state index contributed by atoms with van der Waals surface area (Å²) in [5.74, 6) is 0. The van der Waals surface area contributed by atoms with Crippen molar-refractivity contribution in [2.75, 3.05) is 0 Å². The highest BCUT2D eigenvalue weighted by atomic mass is 32.1. The molecule has 0 amide bonds. The topological polar surface area (TPSA) is 29.3 Å². The van der Waals surface area contributed by atoms with E-state index < -0.39 is 0 Å². The van der Waals surface area contributed by atoms with Gasteiger partial charge in [-0.15, -0.1) is 11.3 Å². The Hall–Kier alpha value is -1.65. The SMILES string of the molecule is Cc1nc2scc(C)n2c1CNC1CCc2ccccc21. The molecule has 108 valence electrons. The van der Waals surface area contributed by atoms with E-state index in [9.17, 15) is 0 Å². The summed E-state index contributed by atoms with van der Waals surface area (Å²) in [6, 6.07) is 9.27. The van der Waals surface area contributed by atoms with Crippen molar-refractivity contribution in [3.63, 3.8) is 0 Å². The molecule has 2 aromatic heterocycles. The van der Waals surface area contributed by atoms with Crippen molar-refractivity contribution in [2.24, 2.45) is 0 Å². The summed E-state index contributed by atoms with van der Waals surface area (Å²) < 4.78 is 2.29. The van der Waals surface area contributed by atoms with Crippen molar-refractivity contribution in [1.29, 1.82) is 0 Å². The van der Waals surface area contributed by atoms with Crippen LogP contribution in [0.5, 0.6) is 0 Å². The lowest BCUT2D eigenvalue weighted by Gasteiger charge is -2.14. The molecule has 0 saturated carbocycles. The van der Waals surface area contributed by atoms with Gasteiger partial charge in [0.2, 0.25) is 0 Å². The standard InChI is InChI=1S/C17H19N3S/c1-11-10-21-17-19-12(2)16(20(11)17)9-18-15-8-7-13-5-3-4-6-14(13)15/h3-6,10,15,18H,7-9H2,1-2H3. The Kier molecular flexibility index (Phi) is 3.08. The number of hydrogen-bond donors (Lipinski definition) is 1. The first-order valence-corrected chi connectivity index (χ1v) is 8.35. The van der Waals surface area contributed by atoms with E-state index >= 15 is 0 Å². The van der Waals surface area contributed by atoms with Crippen molar-refractivity contribution in [3.8, 4) is 0 Å². The minimum Gasteiger partial charge on any atom is -0.304 e. The van der Waals surface area contributed by atoms with Gasteiger partial charge in [-0.25, -0.2) is 4.98 Å². The second-order valence-corrected chi connectivity index (χ2v) is 6.65. The van der Waals surface area contributed by atoms with Gasteiger partial charge in [0.1, 0.15) is 0 Å². The van der Waals surface area contributed by atoms with Gasteiger partial charge in [0.15, 0.2) is 4.96 Å². The molecule has 0 aliphatic heterocycles. The lowest BCUT2D eigenvalue weighted by Crippen LogP contribution is -2.20. The Morgan fingerprint density at radius 3 is 3.10 bits per heavy atom. The number of hydrogen-bond acceptors (Lipinski definition) is 3. The van der Waals surface area contributed by atoms with Gasteiger partial charge in [0, 0.05) is 23.7 Å². The van der Waals surface area contributed by atoms with Crippen LogP contribution in [0.15, 0.2) is 29.6 Å². The van der Waals surface area contributed by atoms with Crippen LogP contribution in [0.25, 0.3) is 4.96 Å². The van der Waals surface area contributed by atoms with Crippen molar-refractivity contribution in [3.05, 3.63) is 57.9 Å². The van der Waals surface area contributed by atoms with Crippen LogP contribution in [0.2, 0.25) is 0 Å². The Morgan fingerprint density at radius 1 is 1.33 bits per heavy atom. The van der Waals surface area contributed by atoms with Crippen LogP contribution in [0.4, 0.5) is 0 Å². The number of imidazole rings is 1. The van der Waals surface area contributed by atoms with Crippen molar-refractivity contribution in [2.45, 2.75) is 39.3 Å². The molecule has 0 saturated heterocycles. The molecule has 1 unspecified atom stereocenters. The van der Waals surface area contributed by atoms with Gasteiger partial charge < -0.3 is 5.32 Å². The summed E-state index contributed by atoms with van der Waals surface area (Å²) in [7, 11) is 0. The second-order valence-electron chi connectivity index (χ2n) is 5.81. The maximum Gasteiger partial charge on any atom is 0.194 e. The highest BCUT2D eigenvalue weighted by Crippen LogP contribution is 2.31. The normalized spacial score (nSPS) is 17.5. The Bertz CT molecular complexity index is 800. The van der Waals surface area contributed by atoms with E-state index in [1.54, 1.807) is 11.3 Å². The van der Waals surface area contributed by atoms with Crippen LogP contribution in [-0.4, -0.2) is 9.38 Å². The van der Waals surface area contributed by atoms with Crippen LogP contribution in [-0.2, 0) is 13.0 Å². The zero-order valence-electron chi connectivity index (χ0n) is 12.4. The number of nitrogens with zero attached hydrogens (tertiary/aromatic N) is 2. The number of fused-ring (bicyclic) bond motifs is 2. The van der Waals surface area contributed by atoms with E-state index in [1.165, 1.54) is 35.4 Å². The molecule has 1 N–H and O–H groups in total. The maximum absolute atomic E-state index is 4.66. The molecule has 0 bridgehead atoms. The number of thiazole rings is 1. The van der Waals surface area contributed by atoms with Crippen molar-refractivity contribution >= 4 is 16.3 Å². The second kappa shape index (κ2) is 4.97. The number of aryl methyl sites for hydroxylation is 3. The maximum atomic E-state index is 4.66. The van der Waals surface area contributed by atoms with Gasteiger partial charge in [0.05, 0.1) is 11.4 Å².